The van der Waals surface area contributed by atoms with Crippen molar-refractivity contribution >= 4 is 34.2 Å². The molecule has 0 unspecified atom stereocenters. The molecule has 0 spiro atoms. The van der Waals surface area contributed by atoms with E-state index in [2.05, 4.69) is 40.8 Å². The lowest BCUT2D eigenvalue weighted by Gasteiger charge is -2.12. The van der Waals surface area contributed by atoms with E-state index < -0.39 is 0 Å². The van der Waals surface area contributed by atoms with Crippen LogP contribution in [-0.4, -0.2) is 14.2 Å². The van der Waals surface area contributed by atoms with Crippen molar-refractivity contribution in [2.24, 2.45) is 0 Å². The van der Waals surface area contributed by atoms with E-state index in [1.54, 1.807) is 14.2 Å². The van der Waals surface area contributed by atoms with Crippen LogP contribution in [0.2, 0.25) is 5.02 Å². The van der Waals surface area contributed by atoms with Crippen molar-refractivity contribution < 1.29 is 9.47 Å². The predicted octanol–water partition coefficient (Wildman–Crippen LogP) is 5.06. The van der Waals surface area contributed by atoms with Gasteiger partial charge in [0.15, 0.2) is 11.5 Å². The molecule has 0 bridgehead atoms. The Labute approximate surface area is 144 Å². The smallest absolute Gasteiger partial charge is 0.174 e. The second-order valence-electron chi connectivity index (χ2n) is 4.90. The quantitative estimate of drug-likeness (QED) is 0.635. The first-order chi connectivity index (χ1) is 10.0. The number of hydrogen-bond donors (Lipinski definition) is 0. The van der Waals surface area contributed by atoms with E-state index in [9.17, 15) is 0 Å². The van der Waals surface area contributed by atoms with Crippen LogP contribution in [0, 0.1) is 10.5 Å². The van der Waals surface area contributed by atoms with Gasteiger partial charge in [0, 0.05) is 5.02 Å². The zero-order valence-corrected chi connectivity index (χ0v) is 15.3. The van der Waals surface area contributed by atoms with E-state index in [-0.39, 0.29) is 0 Å². The zero-order chi connectivity index (χ0) is 15.4. The van der Waals surface area contributed by atoms with E-state index in [1.165, 1.54) is 11.1 Å². The number of halogens is 2. The van der Waals surface area contributed by atoms with Crippen LogP contribution in [0.25, 0.3) is 0 Å². The Morgan fingerprint density at radius 3 is 2.33 bits per heavy atom. The van der Waals surface area contributed by atoms with Gasteiger partial charge in [-0.2, -0.15) is 0 Å². The van der Waals surface area contributed by atoms with Crippen LogP contribution in [0.5, 0.6) is 11.5 Å². The van der Waals surface area contributed by atoms with Crippen LogP contribution in [0.15, 0.2) is 30.3 Å². The van der Waals surface area contributed by atoms with Crippen molar-refractivity contribution in [2.45, 2.75) is 19.8 Å². The van der Waals surface area contributed by atoms with Gasteiger partial charge in [0.25, 0.3) is 0 Å². The summed E-state index contributed by atoms with van der Waals surface area (Å²) in [5.74, 6) is 1.57. The molecule has 2 aromatic carbocycles. The maximum Gasteiger partial charge on any atom is 0.174 e. The molecule has 0 saturated heterocycles. The Morgan fingerprint density at radius 1 is 1.00 bits per heavy atom. The summed E-state index contributed by atoms with van der Waals surface area (Å²) in [5, 5.41) is 0.828. The molecule has 2 aromatic rings. The fraction of sp³-hybridized carbons (Fsp3) is 0.294. The molecule has 21 heavy (non-hydrogen) atoms. The van der Waals surface area contributed by atoms with Gasteiger partial charge in [-0.05, 0) is 77.2 Å². The highest BCUT2D eigenvalue weighted by Crippen LogP contribution is 2.34. The maximum absolute atomic E-state index is 6.17. The minimum atomic E-state index is 0.779. The molecule has 0 radical (unpaired) electrons. The van der Waals surface area contributed by atoms with Crippen molar-refractivity contribution in [2.75, 3.05) is 14.2 Å². The lowest BCUT2D eigenvalue weighted by atomic mass is 10.0. The maximum atomic E-state index is 6.17. The summed E-state index contributed by atoms with van der Waals surface area (Å²) in [5.41, 5.74) is 3.59. The molecule has 0 aliphatic rings. The molecule has 112 valence electrons. The lowest BCUT2D eigenvalue weighted by Crippen LogP contribution is -1.97. The van der Waals surface area contributed by atoms with Gasteiger partial charge in [-0.3, -0.25) is 0 Å². The van der Waals surface area contributed by atoms with Crippen LogP contribution < -0.4 is 9.47 Å². The molecule has 0 fully saturated rings. The van der Waals surface area contributed by atoms with Gasteiger partial charge in [-0.1, -0.05) is 23.7 Å². The summed E-state index contributed by atoms with van der Waals surface area (Å²) >= 11 is 8.44. The van der Waals surface area contributed by atoms with Gasteiger partial charge < -0.3 is 9.47 Å². The topological polar surface area (TPSA) is 18.5 Å². The summed E-state index contributed by atoms with van der Waals surface area (Å²) in [7, 11) is 3.32. The highest BCUT2D eigenvalue weighted by atomic mass is 127. The molecule has 2 rings (SSSR count). The Morgan fingerprint density at radius 2 is 1.71 bits per heavy atom. The van der Waals surface area contributed by atoms with Gasteiger partial charge in [-0.15, -0.1) is 0 Å². The monoisotopic (exact) mass is 416 g/mol. The first kappa shape index (κ1) is 16.4. The Balaban J connectivity index is 2.16. The van der Waals surface area contributed by atoms with Gasteiger partial charge in [0.2, 0.25) is 0 Å². The minimum Gasteiger partial charge on any atom is -0.493 e. The fourth-order valence-corrected chi connectivity index (χ4v) is 3.29. The first-order valence-electron chi connectivity index (χ1n) is 6.70. The fourth-order valence-electron chi connectivity index (χ4n) is 2.20. The molecule has 0 aromatic heterocycles. The van der Waals surface area contributed by atoms with Crippen molar-refractivity contribution in [3.05, 3.63) is 55.6 Å². The number of rotatable bonds is 5. The highest BCUT2D eigenvalue weighted by Gasteiger charge is 2.10. The third kappa shape index (κ3) is 4.04. The molecule has 0 atom stereocenters. The van der Waals surface area contributed by atoms with Crippen LogP contribution in [0.4, 0.5) is 0 Å². The molecule has 2 nitrogen and oxygen atoms in total. The average molecular weight is 417 g/mol. The second kappa shape index (κ2) is 7.36. The van der Waals surface area contributed by atoms with Crippen LogP contribution in [0.1, 0.15) is 16.7 Å². The van der Waals surface area contributed by atoms with Crippen molar-refractivity contribution in [3.8, 4) is 11.5 Å². The molecule has 0 aliphatic heterocycles. The van der Waals surface area contributed by atoms with Crippen LogP contribution >= 0.6 is 34.2 Å². The highest BCUT2D eigenvalue weighted by molar-refractivity contribution is 14.1. The van der Waals surface area contributed by atoms with E-state index in [1.807, 2.05) is 19.1 Å². The van der Waals surface area contributed by atoms with E-state index in [0.29, 0.717) is 0 Å². The molecule has 0 heterocycles. The van der Waals surface area contributed by atoms with Gasteiger partial charge in [-0.25, -0.2) is 0 Å². The largest absolute Gasteiger partial charge is 0.493 e. The van der Waals surface area contributed by atoms with E-state index in [0.717, 1.165) is 38.5 Å². The minimum absolute atomic E-state index is 0.779. The third-order valence-corrected chi connectivity index (χ3v) is 4.64. The van der Waals surface area contributed by atoms with E-state index in [4.69, 9.17) is 21.1 Å². The van der Waals surface area contributed by atoms with E-state index >= 15 is 0 Å². The number of benzene rings is 2. The van der Waals surface area contributed by atoms with Crippen molar-refractivity contribution in [1.29, 1.82) is 0 Å². The average Bonchev–Trinajstić information content (AvgIpc) is 2.47. The van der Waals surface area contributed by atoms with Crippen molar-refractivity contribution in [1.82, 2.24) is 0 Å². The Bertz CT molecular complexity index is 641. The molecule has 0 aliphatic carbocycles. The third-order valence-electron chi connectivity index (χ3n) is 3.43. The summed E-state index contributed by atoms with van der Waals surface area (Å²) in [4.78, 5) is 0. The second-order valence-corrected chi connectivity index (χ2v) is 6.47. The van der Waals surface area contributed by atoms with Gasteiger partial charge in [0.05, 0.1) is 17.8 Å². The lowest BCUT2D eigenvalue weighted by molar-refractivity contribution is 0.352. The standard InChI is InChI=1S/C17H18ClIO2/c1-11-4-5-12(8-14(11)18)6-7-13-9-15(19)17(21-3)16(10-13)20-2/h4-5,8-10H,6-7H2,1-3H3. The van der Waals surface area contributed by atoms with Crippen LogP contribution in [0.3, 0.4) is 0 Å². The SMILES string of the molecule is COc1cc(CCc2ccc(C)c(Cl)c2)cc(I)c1OC. The van der Waals surface area contributed by atoms with Gasteiger partial charge >= 0.3 is 0 Å². The molecular formula is C17H18ClIO2. The summed E-state index contributed by atoms with van der Waals surface area (Å²) in [6.45, 7) is 2.02. The number of aryl methyl sites for hydroxylation is 3. The Hall–Kier alpha value is -0.940. The molecule has 0 saturated carbocycles. The summed E-state index contributed by atoms with van der Waals surface area (Å²) in [6, 6.07) is 10.4. The first-order valence-corrected chi connectivity index (χ1v) is 8.16. The van der Waals surface area contributed by atoms with Crippen LogP contribution in [-0.2, 0) is 12.8 Å². The molecule has 0 amide bonds. The molecular weight excluding hydrogens is 399 g/mol. The molecule has 4 heteroatoms. The summed E-state index contributed by atoms with van der Waals surface area (Å²) in [6.07, 6.45) is 1.89. The molecule has 0 N–H and O–H groups in total. The zero-order valence-electron chi connectivity index (χ0n) is 12.4. The number of methoxy groups -OCH3 is 2. The predicted molar refractivity (Wildman–Crippen MR) is 95.9 cm³/mol. The number of hydrogen-bond acceptors (Lipinski definition) is 2. The van der Waals surface area contributed by atoms with Crippen molar-refractivity contribution in [3.63, 3.8) is 0 Å². The summed E-state index contributed by atoms with van der Waals surface area (Å²) < 4.78 is 11.8. The Kier molecular flexibility index (Phi) is 5.76. The van der Waals surface area contributed by atoms with Gasteiger partial charge in [0.1, 0.15) is 0 Å². The number of ether oxygens (including phenoxy) is 2. The normalized spacial score (nSPS) is 10.5.